The van der Waals surface area contributed by atoms with Gasteiger partial charge in [0, 0.05) is 36.9 Å². The van der Waals surface area contributed by atoms with Gasteiger partial charge in [-0.2, -0.15) is 0 Å². The van der Waals surface area contributed by atoms with Crippen molar-refractivity contribution >= 4 is 33.4 Å². The van der Waals surface area contributed by atoms with Crippen molar-refractivity contribution in [2.24, 2.45) is 4.99 Å². The highest BCUT2D eigenvalue weighted by atomic mass is 32.2. The quantitative estimate of drug-likeness (QED) is 0.701. The lowest BCUT2D eigenvalue weighted by Gasteiger charge is -2.26. The summed E-state index contributed by atoms with van der Waals surface area (Å²) in [5.74, 6) is 0.836. The molecule has 1 aromatic carbocycles. The molecule has 2 fully saturated rings. The lowest BCUT2D eigenvalue weighted by Crippen LogP contribution is -2.32. The Morgan fingerprint density at radius 1 is 1.17 bits per heavy atom. The van der Waals surface area contributed by atoms with Crippen molar-refractivity contribution in [2.75, 3.05) is 43.9 Å². The maximum atomic E-state index is 14.3. The van der Waals surface area contributed by atoms with E-state index in [-0.39, 0.29) is 5.82 Å². The normalized spacial score (nSPS) is 23.8. The SMILES string of the molecule is Fc1cc(NC2CCOCC2)c2[nH]c(C3=N[C@H](CCN4CCCCC4)CS3)cc2c1. The molecule has 2 saturated heterocycles. The molecule has 3 aliphatic heterocycles. The van der Waals surface area contributed by atoms with Crippen molar-refractivity contribution in [3.63, 3.8) is 0 Å². The van der Waals surface area contributed by atoms with E-state index in [9.17, 15) is 4.39 Å². The molecule has 1 aromatic heterocycles. The number of piperidine rings is 1. The van der Waals surface area contributed by atoms with Gasteiger partial charge in [-0.25, -0.2) is 4.39 Å². The molecule has 3 aliphatic rings. The molecule has 1 atom stereocenters. The van der Waals surface area contributed by atoms with Crippen LogP contribution < -0.4 is 5.32 Å². The van der Waals surface area contributed by atoms with E-state index in [1.54, 1.807) is 12.1 Å². The highest BCUT2D eigenvalue weighted by Gasteiger charge is 2.23. The average molecular weight is 431 g/mol. The predicted octanol–water partition coefficient (Wildman–Crippen LogP) is 4.64. The van der Waals surface area contributed by atoms with Crippen LogP contribution in [0.5, 0.6) is 0 Å². The molecule has 5 nitrogen and oxygen atoms in total. The van der Waals surface area contributed by atoms with E-state index >= 15 is 0 Å². The fourth-order valence-electron chi connectivity index (χ4n) is 4.72. The second kappa shape index (κ2) is 9.28. The van der Waals surface area contributed by atoms with Crippen LogP contribution in [0.3, 0.4) is 0 Å². The lowest BCUT2D eigenvalue weighted by atomic mass is 10.1. The fraction of sp³-hybridized carbons (Fsp3) is 0.609. The summed E-state index contributed by atoms with van der Waals surface area (Å²) in [5, 5.41) is 5.50. The zero-order chi connectivity index (χ0) is 20.3. The Hall–Kier alpha value is -1.57. The molecule has 0 bridgehead atoms. The van der Waals surface area contributed by atoms with Crippen LogP contribution in [0.25, 0.3) is 10.9 Å². The fourth-order valence-corrected chi connectivity index (χ4v) is 5.80. The maximum absolute atomic E-state index is 14.3. The number of halogens is 1. The number of nitrogens with one attached hydrogen (secondary N) is 2. The highest BCUT2D eigenvalue weighted by Crippen LogP contribution is 2.31. The minimum atomic E-state index is -0.206. The number of rotatable bonds is 6. The van der Waals surface area contributed by atoms with Gasteiger partial charge in [0.2, 0.25) is 0 Å². The van der Waals surface area contributed by atoms with Gasteiger partial charge in [0.05, 0.1) is 22.9 Å². The van der Waals surface area contributed by atoms with Gasteiger partial charge in [-0.1, -0.05) is 6.42 Å². The van der Waals surface area contributed by atoms with Crippen molar-refractivity contribution in [1.29, 1.82) is 0 Å². The third-order valence-electron chi connectivity index (χ3n) is 6.44. The van der Waals surface area contributed by atoms with Gasteiger partial charge in [-0.05, 0) is 63.4 Å². The first-order valence-corrected chi connectivity index (χ1v) is 12.3. The van der Waals surface area contributed by atoms with Crippen LogP contribution in [0.15, 0.2) is 23.2 Å². The number of hydrogen-bond donors (Lipinski definition) is 2. The third kappa shape index (κ3) is 4.68. The van der Waals surface area contributed by atoms with Crippen LogP contribution in [0, 0.1) is 5.82 Å². The standard InChI is InChI=1S/C23H31FN4OS/c24-17-12-16-13-21(27-22(16)20(14-17)25-18-5-10-29-11-6-18)23-26-19(15-30-23)4-9-28-7-2-1-3-8-28/h12-14,18-19,25,27H,1-11,15H2/t19-/m1/s1. The van der Waals surface area contributed by atoms with Crippen molar-refractivity contribution < 1.29 is 9.13 Å². The molecule has 2 aromatic rings. The number of aromatic amines is 1. The smallest absolute Gasteiger partial charge is 0.126 e. The Morgan fingerprint density at radius 3 is 2.83 bits per heavy atom. The Morgan fingerprint density at radius 2 is 2.00 bits per heavy atom. The van der Waals surface area contributed by atoms with Crippen LogP contribution in [-0.4, -0.2) is 65.6 Å². The number of likely N-dealkylation sites (tertiary alicyclic amines) is 1. The van der Waals surface area contributed by atoms with E-state index in [0.717, 1.165) is 72.1 Å². The molecular weight excluding hydrogens is 399 g/mol. The summed E-state index contributed by atoms with van der Waals surface area (Å²) in [7, 11) is 0. The lowest BCUT2D eigenvalue weighted by molar-refractivity contribution is 0.0905. The van der Waals surface area contributed by atoms with Crippen molar-refractivity contribution in [2.45, 2.75) is 50.6 Å². The Kier molecular flexibility index (Phi) is 6.29. The zero-order valence-corrected chi connectivity index (χ0v) is 18.3. The molecule has 162 valence electrons. The van der Waals surface area contributed by atoms with Crippen LogP contribution in [0.4, 0.5) is 10.1 Å². The number of fused-ring (bicyclic) bond motifs is 1. The molecule has 0 unspecified atom stereocenters. The largest absolute Gasteiger partial charge is 0.381 e. The number of hydrogen-bond acceptors (Lipinski definition) is 5. The topological polar surface area (TPSA) is 52.6 Å². The van der Waals surface area contributed by atoms with Crippen LogP contribution in [-0.2, 0) is 4.74 Å². The number of aliphatic imine (C=N–C) groups is 1. The summed E-state index contributed by atoms with van der Waals surface area (Å²) in [6.45, 7) is 5.16. The molecule has 0 aliphatic carbocycles. The molecule has 7 heteroatoms. The average Bonchev–Trinajstić information content (AvgIpc) is 3.41. The van der Waals surface area contributed by atoms with Crippen LogP contribution in [0.1, 0.15) is 44.2 Å². The second-order valence-electron chi connectivity index (χ2n) is 8.72. The predicted molar refractivity (Wildman–Crippen MR) is 123 cm³/mol. The van der Waals surface area contributed by atoms with E-state index in [1.165, 1.54) is 32.4 Å². The van der Waals surface area contributed by atoms with Crippen molar-refractivity contribution in [1.82, 2.24) is 9.88 Å². The first-order chi connectivity index (χ1) is 14.7. The van der Waals surface area contributed by atoms with Crippen LogP contribution >= 0.6 is 11.8 Å². The Labute approximate surface area is 181 Å². The zero-order valence-electron chi connectivity index (χ0n) is 17.5. The molecular formula is C23H31FN4OS. The van der Waals surface area contributed by atoms with E-state index < -0.39 is 0 Å². The Bertz CT molecular complexity index is 902. The minimum Gasteiger partial charge on any atom is -0.381 e. The van der Waals surface area contributed by atoms with E-state index in [1.807, 2.05) is 17.8 Å². The third-order valence-corrected chi connectivity index (χ3v) is 7.59. The first-order valence-electron chi connectivity index (χ1n) is 11.3. The summed E-state index contributed by atoms with van der Waals surface area (Å²) in [4.78, 5) is 11.1. The maximum Gasteiger partial charge on any atom is 0.126 e. The summed E-state index contributed by atoms with van der Waals surface area (Å²) >= 11 is 1.82. The van der Waals surface area contributed by atoms with Gasteiger partial charge >= 0.3 is 0 Å². The molecule has 0 saturated carbocycles. The number of anilines is 1. The molecule has 0 radical (unpaired) electrons. The van der Waals surface area contributed by atoms with Gasteiger partial charge in [0.1, 0.15) is 10.9 Å². The number of nitrogens with zero attached hydrogens (tertiary/aromatic N) is 2. The molecule has 30 heavy (non-hydrogen) atoms. The molecule has 5 rings (SSSR count). The van der Waals surface area contributed by atoms with E-state index in [0.29, 0.717) is 12.1 Å². The van der Waals surface area contributed by atoms with E-state index in [4.69, 9.17) is 9.73 Å². The molecule has 0 spiro atoms. The summed E-state index contributed by atoms with van der Waals surface area (Å²) in [6.07, 6.45) is 7.08. The number of ether oxygens (including phenoxy) is 1. The van der Waals surface area contributed by atoms with Gasteiger partial charge in [0.25, 0.3) is 0 Å². The summed E-state index contributed by atoms with van der Waals surface area (Å²) < 4.78 is 19.7. The first kappa shape index (κ1) is 20.3. The van der Waals surface area contributed by atoms with Gasteiger partial charge in [0.15, 0.2) is 0 Å². The molecule has 0 amide bonds. The number of benzene rings is 1. The van der Waals surface area contributed by atoms with Crippen LogP contribution in [0.2, 0.25) is 0 Å². The second-order valence-corrected chi connectivity index (χ2v) is 9.73. The highest BCUT2D eigenvalue weighted by molar-refractivity contribution is 8.14. The number of aromatic nitrogens is 1. The summed E-state index contributed by atoms with van der Waals surface area (Å²) in [6, 6.07) is 5.97. The molecule has 2 N–H and O–H groups in total. The Balaban J connectivity index is 1.30. The number of thioether (sulfide) groups is 1. The van der Waals surface area contributed by atoms with Gasteiger partial charge in [-0.15, -0.1) is 11.8 Å². The monoisotopic (exact) mass is 430 g/mol. The van der Waals surface area contributed by atoms with Gasteiger partial charge in [-0.3, -0.25) is 4.99 Å². The van der Waals surface area contributed by atoms with Crippen molar-refractivity contribution in [3.8, 4) is 0 Å². The number of H-pyrrole nitrogens is 1. The van der Waals surface area contributed by atoms with Crippen molar-refractivity contribution in [3.05, 3.63) is 29.7 Å². The van der Waals surface area contributed by atoms with E-state index in [2.05, 4.69) is 15.2 Å². The molecule has 4 heterocycles. The van der Waals surface area contributed by atoms with Gasteiger partial charge < -0.3 is 19.9 Å². The summed E-state index contributed by atoms with van der Waals surface area (Å²) in [5.41, 5.74) is 2.82. The minimum absolute atomic E-state index is 0.206.